The lowest BCUT2D eigenvalue weighted by Gasteiger charge is -2.08. The summed E-state index contributed by atoms with van der Waals surface area (Å²) in [5, 5.41) is 7.38. The van der Waals surface area contributed by atoms with E-state index in [9.17, 15) is 4.79 Å². The van der Waals surface area contributed by atoms with Crippen molar-refractivity contribution in [3.63, 3.8) is 0 Å². The van der Waals surface area contributed by atoms with Crippen LogP contribution in [0.5, 0.6) is 0 Å². The van der Waals surface area contributed by atoms with Gasteiger partial charge in [0.15, 0.2) is 11.5 Å². The monoisotopic (exact) mass is 326 g/mol. The summed E-state index contributed by atoms with van der Waals surface area (Å²) in [7, 11) is 0. The molecular weight excluding hydrogens is 315 g/mol. The molecule has 1 fully saturated rings. The Morgan fingerprint density at radius 2 is 2.05 bits per heavy atom. The van der Waals surface area contributed by atoms with E-state index in [4.69, 9.17) is 32.5 Å². The second kappa shape index (κ2) is 6.05. The molecule has 2 aromatic rings. The first-order valence-corrected chi connectivity index (χ1v) is 7.20. The average Bonchev–Trinajstić information content (AvgIpc) is 3.09. The van der Waals surface area contributed by atoms with Crippen LogP contribution in [0.15, 0.2) is 28.8 Å². The van der Waals surface area contributed by atoms with Crippen molar-refractivity contribution in [2.45, 2.75) is 12.5 Å². The van der Waals surface area contributed by atoms with Crippen LogP contribution in [0.1, 0.15) is 16.9 Å². The number of halogens is 2. The second-order valence-electron chi connectivity index (χ2n) is 4.72. The maximum Gasteiger partial charge on any atom is 0.275 e. The van der Waals surface area contributed by atoms with E-state index in [0.717, 1.165) is 6.42 Å². The van der Waals surface area contributed by atoms with Gasteiger partial charge in [-0.3, -0.25) is 4.79 Å². The molecule has 1 aromatic heterocycles. The molecule has 1 amide bonds. The van der Waals surface area contributed by atoms with Crippen LogP contribution in [0.25, 0.3) is 11.3 Å². The zero-order valence-corrected chi connectivity index (χ0v) is 12.4. The first kappa shape index (κ1) is 14.4. The number of rotatable bonds is 3. The third-order valence-electron chi connectivity index (χ3n) is 3.22. The Morgan fingerprint density at radius 1 is 1.29 bits per heavy atom. The predicted octanol–water partition coefficient (Wildman–Crippen LogP) is 3.17. The molecular formula is C14H12Cl2N2O3. The van der Waals surface area contributed by atoms with Crippen molar-refractivity contribution < 1.29 is 14.1 Å². The summed E-state index contributed by atoms with van der Waals surface area (Å²) in [6.07, 6.45) is 0.783. The topological polar surface area (TPSA) is 64.4 Å². The molecule has 1 aromatic carbocycles. The van der Waals surface area contributed by atoms with Gasteiger partial charge in [-0.05, 0) is 30.7 Å². The van der Waals surface area contributed by atoms with Gasteiger partial charge in [-0.1, -0.05) is 28.4 Å². The molecule has 21 heavy (non-hydrogen) atoms. The Labute approximate surface area is 131 Å². The summed E-state index contributed by atoms with van der Waals surface area (Å²) >= 11 is 12.0. The normalized spacial score (nSPS) is 17.9. The summed E-state index contributed by atoms with van der Waals surface area (Å²) in [5.74, 6) is -0.0133. The van der Waals surface area contributed by atoms with Crippen molar-refractivity contribution in [3.05, 3.63) is 40.0 Å². The van der Waals surface area contributed by atoms with Gasteiger partial charge in [0.25, 0.3) is 5.91 Å². The maximum absolute atomic E-state index is 12.1. The SMILES string of the molecule is O=C(NC1CCOC1)c1noc(-c2ccc(Cl)cc2)c1Cl. The van der Waals surface area contributed by atoms with E-state index in [1.807, 2.05) is 0 Å². The highest BCUT2D eigenvalue weighted by molar-refractivity contribution is 6.35. The summed E-state index contributed by atoms with van der Waals surface area (Å²) < 4.78 is 10.4. The van der Waals surface area contributed by atoms with Gasteiger partial charge in [-0.2, -0.15) is 0 Å². The van der Waals surface area contributed by atoms with Crippen molar-refractivity contribution in [2.75, 3.05) is 13.2 Å². The zero-order chi connectivity index (χ0) is 14.8. The number of ether oxygens (including phenoxy) is 1. The van der Waals surface area contributed by atoms with Gasteiger partial charge in [0, 0.05) is 17.2 Å². The Hall–Kier alpha value is -1.56. The van der Waals surface area contributed by atoms with Crippen LogP contribution in [0, 0.1) is 0 Å². The predicted molar refractivity (Wildman–Crippen MR) is 78.6 cm³/mol. The molecule has 1 atom stereocenters. The van der Waals surface area contributed by atoms with Crippen molar-refractivity contribution in [1.82, 2.24) is 10.5 Å². The minimum absolute atomic E-state index is 0.00996. The summed E-state index contributed by atoms with van der Waals surface area (Å²) in [5.41, 5.74) is 0.786. The van der Waals surface area contributed by atoms with Crippen molar-refractivity contribution in [1.29, 1.82) is 0 Å². The van der Waals surface area contributed by atoms with E-state index in [0.29, 0.717) is 29.6 Å². The quantitative estimate of drug-likeness (QED) is 0.940. The highest BCUT2D eigenvalue weighted by Gasteiger charge is 2.25. The van der Waals surface area contributed by atoms with Gasteiger partial charge in [-0.15, -0.1) is 0 Å². The molecule has 0 radical (unpaired) electrons. The Bertz CT molecular complexity index is 649. The number of carbonyl (C=O) groups excluding carboxylic acids is 1. The van der Waals surface area contributed by atoms with Crippen LogP contribution < -0.4 is 5.32 Å². The molecule has 5 nitrogen and oxygen atoms in total. The van der Waals surface area contributed by atoms with Crippen molar-refractivity contribution in [3.8, 4) is 11.3 Å². The molecule has 1 saturated heterocycles. The van der Waals surface area contributed by atoms with E-state index < -0.39 is 0 Å². The maximum atomic E-state index is 12.1. The number of hydrogen-bond donors (Lipinski definition) is 1. The minimum Gasteiger partial charge on any atom is -0.379 e. The number of nitrogens with one attached hydrogen (secondary N) is 1. The molecule has 3 rings (SSSR count). The molecule has 0 bridgehead atoms. The van der Waals surface area contributed by atoms with E-state index in [-0.39, 0.29) is 22.7 Å². The van der Waals surface area contributed by atoms with E-state index >= 15 is 0 Å². The van der Waals surface area contributed by atoms with E-state index in [1.165, 1.54) is 0 Å². The summed E-state index contributed by atoms with van der Waals surface area (Å²) in [6.45, 7) is 1.15. The fourth-order valence-electron chi connectivity index (χ4n) is 2.10. The van der Waals surface area contributed by atoms with Gasteiger partial charge in [-0.25, -0.2) is 0 Å². The summed E-state index contributed by atoms with van der Waals surface area (Å²) in [6, 6.07) is 6.92. The van der Waals surface area contributed by atoms with Gasteiger partial charge < -0.3 is 14.6 Å². The third kappa shape index (κ3) is 3.05. The van der Waals surface area contributed by atoms with Crippen LogP contribution in [0.2, 0.25) is 10.0 Å². The molecule has 1 aliphatic rings. The lowest BCUT2D eigenvalue weighted by Crippen LogP contribution is -2.35. The molecule has 0 aliphatic carbocycles. The highest BCUT2D eigenvalue weighted by atomic mass is 35.5. The fraction of sp³-hybridized carbons (Fsp3) is 0.286. The third-order valence-corrected chi connectivity index (χ3v) is 3.82. The molecule has 1 unspecified atom stereocenters. The smallest absolute Gasteiger partial charge is 0.275 e. The second-order valence-corrected chi connectivity index (χ2v) is 5.53. The Morgan fingerprint density at radius 3 is 2.71 bits per heavy atom. The molecule has 1 N–H and O–H groups in total. The van der Waals surface area contributed by atoms with E-state index in [1.54, 1.807) is 24.3 Å². The van der Waals surface area contributed by atoms with Crippen LogP contribution in [-0.2, 0) is 4.74 Å². The first-order chi connectivity index (χ1) is 10.1. The lowest BCUT2D eigenvalue weighted by molar-refractivity contribution is 0.0921. The first-order valence-electron chi connectivity index (χ1n) is 6.45. The molecule has 0 spiro atoms. The fourth-order valence-corrected chi connectivity index (χ4v) is 2.49. The molecule has 0 saturated carbocycles. The van der Waals surface area contributed by atoms with Gasteiger partial charge in [0.2, 0.25) is 0 Å². The minimum atomic E-state index is -0.362. The van der Waals surface area contributed by atoms with Crippen LogP contribution in [0.4, 0.5) is 0 Å². The highest BCUT2D eigenvalue weighted by Crippen LogP contribution is 2.31. The zero-order valence-electron chi connectivity index (χ0n) is 10.9. The number of benzene rings is 1. The Balaban J connectivity index is 1.81. The van der Waals surface area contributed by atoms with Gasteiger partial charge >= 0.3 is 0 Å². The number of hydrogen-bond acceptors (Lipinski definition) is 4. The van der Waals surface area contributed by atoms with Gasteiger partial charge in [0.1, 0.15) is 5.02 Å². The standard InChI is InChI=1S/C14H12Cl2N2O3/c15-9-3-1-8(2-4-9)13-11(16)12(18-21-13)14(19)17-10-5-6-20-7-10/h1-4,10H,5-7H2,(H,17,19). The van der Waals surface area contributed by atoms with E-state index in [2.05, 4.69) is 10.5 Å². The largest absolute Gasteiger partial charge is 0.379 e. The number of carbonyl (C=O) groups is 1. The van der Waals surface area contributed by atoms with Gasteiger partial charge in [0.05, 0.1) is 12.6 Å². The van der Waals surface area contributed by atoms with Crippen LogP contribution >= 0.6 is 23.2 Å². The van der Waals surface area contributed by atoms with Crippen molar-refractivity contribution in [2.24, 2.45) is 0 Å². The molecule has 1 aliphatic heterocycles. The van der Waals surface area contributed by atoms with Crippen LogP contribution in [0.3, 0.4) is 0 Å². The van der Waals surface area contributed by atoms with Crippen molar-refractivity contribution >= 4 is 29.1 Å². The molecule has 2 heterocycles. The number of nitrogens with zero attached hydrogens (tertiary/aromatic N) is 1. The average molecular weight is 327 g/mol. The summed E-state index contributed by atoms with van der Waals surface area (Å²) in [4.78, 5) is 12.1. The van der Waals surface area contributed by atoms with Crippen LogP contribution in [-0.4, -0.2) is 30.3 Å². The Kier molecular flexibility index (Phi) is 4.14. The molecule has 7 heteroatoms. The number of amides is 1. The number of aromatic nitrogens is 1. The molecule has 110 valence electrons. The lowest BCUT2D eigenvalue weighted by atomic mass is 10.1.